The third kappa shape index (κ3) is 2.88. The summed E-state index contributed by atoms with van der Waals surface area (Å²) in [6.07, 6.45) is 1.83. The lowest BCUT2D eigenvalue weighted by Crippen LogP contribution is -2.37. The van der Waals surface area contributed by atoms with Crippen molar-refractivity contribution in [3.05, 3.63) is 46.7 Å². The van der Waals surface area contributed by atoms with Gasteiger partial charge in [0.05, 0.1) is 17.7 Å². The van der Waals surface area contributed by atoms with E-state index >= 15 is 0 Å². The molecule has 0 unspecified atom stereocenters. The average Bonchev–Trinajstić information content (AvgIpc) is 3.10. The van der Waals surface area contributed by atoms with Crippen molar-refractivity contribution in [2.24, 2.45) is 0 Å². The van der Waals surface area contributed by atoms with E-state index in [0.717, 1.165) is 24.0 Å². The van der Waals surface area contributed by atoms with Crippen LogP contribution in [0.4, 0.5) is 0 Å². The number of carbonyl (C=O) groups excluding carboxylic acids is 2. The van der Waals surface area contributed by atoms with Gasteiger partial charge in [0.1, 0.15) is 0 Å². The zero-order valence-electron chi connectivity index (χ0n) is 13.4. The van der Waals surface area contributed by atoms with E-state index < -0.39 is 17.7 Å². The predicted octanol–water partition coefficient (Wildman–Crippen LogP) is 2.46. The lowest BCUT2D eigenvalue weighted by atomic mass is 9.96. The van der Waals surface area contributed by atoms with E-state index in [0.29, 0.717) is 13.2 Å². The summed E-state index contributed by atoms with van der Waals surface area (Å²) >= 11 is 0. The third-order valence-corrected chi connectivity index (χ3v) is 4.50. The van der Waals surface area contributed by atoms with Crippen LogP contribution in [0.15, 0.2) is 35.6 Å². The number of Topliss-reactive ketones (excluding diaryl/α,β-unsaturated/α-hetero) is 1. The van der Waals surface area contributed by atoms with Gasteiger partial charge in [-0.1, -0.05) is 29.8 Å². The Bertz CT molecular complexity index is 656. The maximum atomic E-state index is 12.5. The number of amides is 1. The molecule has 2 aliphatic heterocycles. The molecule has 122 valence electrons. The molecule has 1 amide bonds. The van der Waals surface area contributed by atoms with Crippen LogP contribution in [0.1, 0.15) is 36.9 Å². The summed E-state index contributed by atoms with van der Waals surface area (Å²) in [5.41, 5.74) is 2.11. The number of carbonyl (C=O) groups is 2. The first-order valence-corrected chi connectivity index (χ1v) is 7.92. The summed E-state index contributed by atoms with van der Waals surface area (Å²) in [6, 6.07) is 7.15. The van der Waals surface area contributed by atoms with Gasteiger partial charge in [-0.05, 0) is 32.3 Å². The van der Waals surface area contributed by atoms with Crippen molar-refractivity contribution in [3.8, 4) is 0 Å². The van der Waals surface area contributed by atoms with Crippen molar-refractivity contribution in [1.29, 1.82) is 0 Å². The predicted molar refractivity (Wildman–Crippen MR) is 84.9 cm³/mol. The average molecular weight is 315 g/mol. The number of ketones is 1. The summed E-state index contributed by atoms with van der Waals surface area (Å²) in [6.45, 7) is 4.45. The number of benzene rings is 1. The summed E-state index contributed by atoms with van der Waals surface area (Å²) in [5, 5.41) is 10.2. The molecule has 1 fully saturated rings. The Morgan fingerprint density at radius 3 is 2.61 bits per heavy atom. The summed E-state index contributed by atoms with van der Waals surface area (Å²) in [4.78, 5) is 26.0. The Morgan fingerprint density at radius 2 is 2.04 bits per heavy atom. The second-order valence-electron chi connectivity index (χ2n) is 6.22. The minimum atomic E-state index is -0.537. The molecule has 1 aromatic carbocycles. The molecule has 1 saturated heterocycles. The number of aliphatic hydroxyl groups is 1. The van der Waals surface area contributed by atoms with Crippen molar-refractivity contribution >= 4 is 11.7 Å². The molecule has 2 aliphatic rings. The van der Waals surface area contributed by atoms with Gasteiger partial charge in [-0.2, -0.15) is 0 Å². The third-order valence-electron chi connectivity index (χ3n) is 4.50. The van der Waals surface area contributed by atoms with Gasteiger partial charge in [-0.25, -0.2) is 0 Å². The van der Waals surface area contributed by atoms with Crippen LogP contribution in [-0.4, -0.2) is 41.0 Å². The van der Waals surface area contributed by atoms with Crippen molar-refractivity contribution in [2.75, 3.05) is 13.2 Å². The van der Waals surface area contributed by atoms with Gasteiger partial charge in [0.15, 0.2) is 11.5 Å². The van der Waals surface area contributed by atoms with Gasteiger partial charge in [0, 0.05) is 13.2 Å². The van der Waals surface area contributed by atoms with Crippen molar-refractivity contribution in [3.63, 3.8) is 0 Å². The van der Waals surface area contributed by atoms with Crippen molar-refractivity contribution in [2.45, 2.75) is 38.8 Å². The Labute approximate surface area is 135 Å². The number of aliphatic hydroxyl groups excluding tert-OH is 1. The standard InChI is InChI=1S/C18H21NO4/c1-11-5-7-13(8-6-11)16-15(12(2)20)17(21)18(22)19(16)10-14-4-3-9-23-14/h5-8,14,16,21H,3-4,9-10H2,1-2H3/t14-,16+/m1/s1. The number of hydrogen-bond donors (Lipinski definition) is 1. The molecular formula is C18H21NO4. The zero-order chi connectivity index (χ0) is 16.6. The highest BCUT2D eigenvalue weighted by atomic mass is 16.5. The Balaban J connectivity index is 1.98. The Kier molecular flexibility index (Phi) is 4.22. The molecule has 1 aromatic rings. The fourth-order valence-electron chi connectivity index (χ4n) is 3.30. The summed E-state index contributed by atoms with van der Waals surface area (Å²) in [5.74, 6) is -1.20. The van der Waals surface area contributed by atoms with E-state index in [2.05, 4.69) is 0 Å². The molecule has 5 heteroatoms. The topological polar surface area (TPSA) is 66.8 Å². The number of hydrogen-bond acceptors (Lipinski definition) is 4. The van der Waals surface area contributed by atoms with Gasteiger partial charge in [0.25, 0.3) is 5.91 Å². The minimum absolute atomic E-state index is 0.0361. The van der Waals surface area contributed by atoms with Gasteiger partial charge < -0.3 is 14.7 Å². The summed E-state index contributed by atoms with van der Waals surface area (Å²) < 4.78 is 5.62. The number of aryl methyl sites for hydroxylation is 1. The lowest BCUT2D eigenvalue weighted by molar-refractivity contribution is -0.131. The van der Waals surface area contributed by atoms with Crippen LogP contribution < -0.4 is 0 Å². The van der Waals surface area contributed by atoms with E-state index in [1.165, 1.54) is 6.92 Å². The van der Waals surface area contributed by atoms with E-state index in [9.17, 15) is 14.7 Å². The van der Waals surface area contributed by atoms with Crippen LogP contribution in [0.25, 0.3) is 0 Å². The molecule has 5 nitrogen and oxygen atoms in total. The first-order chi connectivity index (χ1) is 11.0. The van der Waals surface area contributed by atoms with E-state index in [4.69, 9.17) is 4.74 Å². The highest BCUT2D eigenvalue weighted by Crippen LogP contribution is 2.38. The molecule has 0 radical (unpaired) electrons. The van der Waals surface area contributed by atoms with Gasteiger partial charge in [0.2, 0.25) is 0 Å². The maximum Gasteiger partial charge on any atom is 0.290 e. The quantitative estimate of drug-likeness (QED) is 0.927. The molecule has 2 heterocycles. The van der Waals surface area contributed by atoms with E-state index in [1.807, 2.05) is 31.2 Å². The molecule has 0 spiro atoms. The second-order valence-corrected chi connectivity index (χ2v) is 6.22. The lowest BCUT2D eigenvalue weighted by Gasteiger charge is -2.28. The van der Waals surface area contributed by atoms with Crippen LogP contribution in [0.5, 0.6) is 0 Å². The number of nitrogens with zero attached hydrogens (tertiary/aromatic N) is 1. The van der Waals surface area contributed by atoms with Crippen molar-refractivity contribution in [1.82, 2.24) is 4.90 Å². The van der Waals surface area contributed by atoms with Gasteiger partial charge in [-0.15, -0.1) is 0 Å². The molecule has 23 heavy (non-hydrogen) atoms. The molecule has 0 aliphatic carbocycles. The fraction of sp³-hybridized carbons (Fsp3) is 0.444. The van der Waals surface area contributed by atoms with Gasteiger partial charge >= 0.3 is 0 Å². The monoisotopic (exact) mass is 315 g/mol. The van der Waals surface area contributed by atoms with E-state index in [-0.39, 0.29) is 17.5 Å². The maximum absolute atomic E-state index is 12.5. The van der Waals surface area contributed by atoms with Crippen LogP contribution >= 0.6 is 0 Å². The highest BCUT2D eigenvalue weighted by molar-refractivity contribution is 6.08. The molecule has 1 N–H and O–H groups in total. The number of ether oxygens (including phenoxy) is 1. The highest BCUT2D eigenvalue weighted by Gasteiger charge is 2.43. The SMILES string of the molecule is CC(=O)C1=C(O)C(=O)N(C[C@H]2CCCO2)[C@H]1c1ccc(C)cc1. The molecule has 3 rings (SSSR count). The van der Waals surface area contributed by atoms with Crippen LogP contribution in [0.3, 0.4) is 0 Å². The fourth-order valence-corrected chi connectivity index (χ4v) is 3.30. The largest absolute Gasteiger partial charge is 0.503 e. The normalized spacial score (nSPS) is 24.6. The number of rotatable bonds is 4. The first kappa shape index (κ1) is 15.7. The first-order valence-electron chi connectivity index (χ1n) is 7.92. The second kappa shape index (κ2) is 6.16. The minimum Gasteiger partial charge on any atom is -0.503 e. The van der Waals surface area contributed by atoms with Crippen LogP contribution in [-0.2, 0) is 14.3 Å². The van der Waals surface area contributed by atoms with Crippen molar-refractivity contribution < 1.29 is 19.4 Å². The Morgan fingerprint density at radius 1 is 1.35 bits per heavy atom. The molecule has 0 saturated carbocycles. The van der Waals surface area contributed by atoms with Crippen LogP contribution in [0.2, 0.25) is 0 Å². The van der Waals surface area contributed by atoms with E-state index in [1.54, 1.807) is 4.90 Å². The Hall–Kier alpha value is -2.14. The smallest absolute Gasteiger partial charge is 0.290 e. The van der Waals surface area contributed by atoms with Crippen LogP contribution in [0, 0.1) is 6.92 Å². The molecule has 2 atom stereocenters. The molecule has 0 aromatic heterocycles. The van der Waals surface area contributed by atoms with Gasteiger partial charge in [-0.3, -0.25) is 9.59 Å². The molecular weight excluding hydrogens is 294 g/mol. The molecule has 0 bridgehead atoms. The zero-order valence-corrected chi connectivity index (χ0v) is 13.4. The summed E-state index contributed by atoms with van der Waals surface area (Å²) in [7, 11) is 0.